The van der Waals surface area contributed by atoms with Crippen LogP contribution >= 0.6 is 0 Å². The molecule has 108 valence electrons. The van der Waals surface area contributed by atoms with Gasteiger partial charge in [-0.15, -0.1) is 0 Å². The molecule has 0 aromatic heterocycles. The third-order valence-corrected chi connectivity index (χ3v) is 8.46. The van der Waals surface area contributed by atoms with Gasteiger partial charge in [0, 0.05) is 0 Å². The minimum atomic E-state index is -2.21. The lowest BCUT2D eigenvalue weighted by Gasteiger charge is -2.39. The van der Waals surface area contributed by atoms with Crippen molar-refractivity contribution in [2.24, 2.45) is 5.92 Å². The van der Waals surface area contributed by atoms with E-state index in [2.05, 4.69) is 27.7 Å². The van der Waals surface area contributed by atoms with Crippen LogP contribution in [0.25, 0.3) is 0 Å². The maximum Gasteiger partial charge on any atom is 0.491 e. The average molecular weight is 274 g/mol. The van der Waals surface area contributed by atoms with Gasteiger partial charge in [-0.25, -0.2) is 4.79 Å². The van der Waals surface area contributed by atoms with E-state index in [0.717, 1.165) is 6.42 Å². The van der Waals surface area contributed by atoms with Crippen molar-refractivity contribution in [1.82, 2.24) is 0 Å². The summed E-state index contributed by atoms with van der Waals surface area (Å²) in [7, 11) is -2.21. The third kappa shape index (κ3) is 5.42. The molecule has 0 aliphatic carbocycles. The topological polar surface area (TPSA) is 46.5 Å². The van der Waals surface area contributed by atoms with Crippen LogP contribution in [0.1, 0.15) is 59.8 Å². The van der Waals surface area contributed by atoms with E-state index in [0.29, 0.717) is 5.92 Å². The highest BCUT2D eigenvalue weighted by Crippen LogP contribution is 2.45. The SMILES string of the molecule is CCCCC(CC)CC(C)(C)[Si](C)(C)OC(=O)O. The van der Waals surface area contributed by atoms with Crippen LogP contribution in [0.4, 0.5) is 4.79 Å². The molecule has 0 rings (SSSR count). The quantitative estimate of drug-likeness (QED) is 0.613. The van der Waals surface area contributed by atoms with Crippen molar-refractivity contribution in [3.05, 3.63) is 0 Å². The Kier molecular flexibility index (Phi) is 6.96. The minimum Gasteiger partial charge on any atom is -0.489 e. The Labute approximate surface area is 113 Å². The lowest BCUT2D eigenvalue weighted by Crippen LogP contribution is -2.44. The number of carbonyl (C=O) groups is 1. The molecule has 0 aliphatic rings. The molecule has 18 heavy (non-hydrogen) atoms. The summed E-state index contributed by atoms with van der Waals surface area (Å²) in [6.07, 6.45) is 4.84. The molecule has 0 saturated carbocycles. The Morgan fingerprint density at radius 2 is 1.89 bits per heavy atom. The van der Waals surface area contributed by atoms with E-state index in [9.17, 15) is 4.79 Å². The largest absolute Gasteiger partial charge is 0.491 e. The minimum absolute atomic E-state index is 0.0141. The highest BCUT2D eigenvalue weighted by atomic mass is 28.4. The molecule has 0 bridgehead atoms. The second kappa shape index (κ2) is 7.17. The van der Waals surface area contributed by atoms with Crippen molar-refractivity contribution in [3.63, 3.8) is 0 Å². The summed E-state index contributed by atoms with van der Waals surface area (Å²) in [5.74, 6) is 0.684. The van der Waals surface area contributed by atoms with Crippen molar-refractivity contribution in [3.8, 4) is 0 Å². The van der Waals surface area contributed by atoms with E-state index in [4.69, 9.17) is 9.53 Å². The molecule has 0 spiro atoms. The van der Waals surface area contributed by atoms with E-state index in [-0.39, 0.29) is 5.04 Å². The van der Waals surface area contributed by atoms with Gasteiger partial charge in [-0.05, 0) is 30.5 Å². The fourth-order valence-electron chi connectivity index (χ4n) is 2.27. The molecule has 0 radical (unpaired) electrons. The molecule has 4 heteroatoms. The molecular formula is C14H30O3Si. The number of rotatable bonds is 8. The number of hydrogen-bond donors (Lipinski definition) is 1. The summed E-state index contributed by atoms with van der Waals surface area (Å²) in [4.78, 5) is 10.8. The van der Waals surface area contributed by atoms with Crippen LogP contribution in [0.15, 0.2) is 0 Å². The van der Waals surface area contributed by atoms with Gasteiger partial charge in [-0.2, -0.15) is 0 Å². The summed E-state index contributed by atoms with van der Waals surface area (Å²) in [5, 5.41) is 8.84. The Hall–Kier alpha value is -0.513. The predicted octanol–water partition coefficient (Wildman–Crippen LogP) is 5.27. The standard InChI is InChI=1S/C14H30O3Si/c1-7-9-10-12(8-2)11-14(3,4)18(5,6)17-13(15)16/h12H,7-11H2,1-6H3,(H,15,16). The Bertz CT molecular complexity index is 262. The molecule has 0 aliphatic heterocycles. The molecule has 0 amide bonds. The van der Waals surface area contributed by atoms with Crippen molar-refractivity contribution in [1.29, 1.82) is 0 Å². The number of carboxylic acid groups (broad SMARTS) is 1. The zero-order chi connectivity index (χ0) is 14.4. The van der Waals surface area contributed by atoms with Crippen LogP contribution in [0.5, 0.6) is 0 Å². The molecule has 0 saturated heterocycles. The molecule has 0 fully saturated rings. The zero-order valence-electron chi connectivity index (χ0n) is 12.9. The maximum absolute atomic E-state index is 10.8. The van der Waals surface area contributed by atoms with Crippen LogP contribution in [0.2, 0.25) is 18.1 Å². The molecule has 0 aromatic rings. The van der Waals surface area contributed by atoms with E-state index in [1.165, 1.54) is 25.7 Å². The summed E-state index contributed by atoms with van der Waals surface area (Å²) in [6.45, 7) is 12.8. The molecule has 1 unspecified atom stereocenters. The first kappa shape index (κ1) is 17.5. The highest BCUT2D eigenvalue weighted by Gasteiger charge is 2.44. The predicted molar refractivity (Wildman–Crippen MR) is 78.6 cm³/mol. The smallest absolute Gasteiger partial charge is 0.489 e. The van der Waals surface area contributed by atoms with Gasteiger partial charge in [0.1, 0.15) is 0 Å². The second-order valence-electron chi connectivity index (χ2n) is 6.38. The van der Waals surface area contributed by atoms with Gasteiger partial charge in [0.15, 0.2) is 0 Å². The van der Waals surface area contributed by atoms with Gasteiger partial charge >= 0.3 is 6.16 Å². The first-order valence-corrected chi connectivity index (χ1v) is 9.99. The van der Waals surface area contributed by atoms with Crippen molar-refractivity contribution in [2.75, 3.05) is 0 Å². The second-order valence-corrected chi connectivity index (χ2v) is 11.0. The fraction of sp³-hybridized carbons (Fsp3) is 0.929. The molecule has 0 heterocycles. The monoisotopic (exact) mass is 274 g/mol. The van der Waals surface area contributed by atoms with Gasteiger partial charge in [-0.1, -0.05) is 53.4 Å². The van der Waals surface area contributed by atoms with Crippen LogP contribution in [0.3, 0.4) is 0 Å². The lowest BCUT2D eigenvalue weighted by atomic mass is 9.90. The van der Waals surface area contributed by atoms with E-state index < -0.39 is 14.5 Å². The fourth-order valence-corrected chi connectivity index (χ4v) is 3.76. The van der Waals surface area contributed by atoms with E-state index >= 15 is 0 Å². The van der Waals surface area contributed by atoms with Crippen LogP contribution in [-0.4, -0.2) is 19.6 Å². The van der Waals surface area contributed by atoms with Crippen LogP contribution in [0, 0.1) is 5.92 Å². The molecule has 1 atom stereocenters. The molecule has 3 nitrogen and oxygen atoms in total. The Morgan fingerprint density at radius 1 is 1.33 bits per heavy atom. The van der Waals surface area contributed by atoms with Crippen LogP contribution in [-0.2, 0) is 4.43 Å². The normalized spacial score (nSPS) is 14.3. The first-order valence-electron chi connectivity index (χ1n) is 7.08. The van der Waals surface area contributed by atoms with Gasteiger partial charge in [0.25, 0.3) is 8.32 Å². The van der Waals surface area contributed by atoms with Crippen molar-refractivity contribution in [2.45, 2.75) is 77.9 Å². The Morgan fingerprint density at radius 3 is 2.28 bits per heavy atom. The number of unbranched alkanes of at least 4 members (excludes halogenated alkanes) is 1. The first-order chi connectivity index (χ1) is 8.16. The van der Waals surface area contributed by atoms with Gasteiger partial charge < -0.3 is 9.53 Å². The van der Waals surface area contributed by atoms with Crippen LogP contribution < -0.4 is 0 Å². The summed E-state index contributed by atoms with van der Waals surface area (Å²) >= 11 is 0. The van der Waals surface area contributed by atoms with Gasteiger partial charge in [-0.3, -0.25) is 0 Å². The average Bonchev–Trinajstić information content (AvgIpc) is 2.21. The van der Waals surface area contributed by atoms with Gasteiger partial charge in [0.05, 0.1) is 0 Å². The van der Waals surface area contributed by atoms with E-state index in [1.54, 1.807) is 0 Å². The highest BCUT2D eigenvalue weighted by molar-refractivity contribution is 6.75. The van der Waals surface area contributed by atoms with Crippen molar-refractivity contribution < 1.29 is 14.3 Å². The maximum atomic E-state index is 10.8. The zero-order valence-corrected chi connectivity index (χ0v) is 13.9. The molecule has 0 aromatic carbocycles. The lowest BCUT2D eigenvalue weighted by molar-refractivity contribution is 0.137. The molecule has 1 N–H and O–H groups in total. The van der Waals surface area contributed by atoms with Crippen molar-refractivity contribution >= 4 is 14.5 Å². The third-order valence-electron chi connectivity index (χ3n) is 4.31. The number of hydrogen-bond acceptors (Lipinski definition) is 2. The van der Waals surface area contributed by atoms with Gasteiger partial charge in [0.2, 0.25) is 0 Å². The Balaban J connectivity index is 4.63. The summed E-state index contributed by atoms with van der Waals surface area (Å²) in [5.41, 5.74) is 0. The summed E-state index contributed by atoms with van der Waals surface area (Å²) < 4.78 is 5.21. The summed E-state index contributed by atoms with van der Waals surface area (Å²) in [6, 6.07) is 0. The molecular weight excluding hydrogens is 244 g/mol. The van der Waals surface area contributed by atoms with E-state index in [1.807, 2.05) is 13.1 Å².